The number of hydrogen-bond donors (Lipinski definition) is 0. The van der Waals surface area contributed by atoms with Crippen molar-refractivity contribution in [2.45, 2.75) is 39.1 Å². The normalized spacial score (nSPS) is 13.1. The molecular weight excluding hydrogens is 279 g/mol. The highest BCUT2D eigenvalue weighted by molar-refractivity contribution is 6.20. The van der Waals surface area contributed by atoms with Crippen LogP contribution < -0.4 is 0 Å². The minimum atomic E-state index is -0.231. The summed E-state index contributed by atoms with van der Waals surface area (Å²) in [6, 6.07) is 3.31. The molecule has 2 aromatic rings. The van der Waals surface area contributed by atoms with E-state index in [9.17, 15) is 4.39 Å². The maximum Gasteiger partial charge on any atom is 0.128 e. The smallest absolute Gasteiger partial charge is 0.128 e. The Labute approximate surface area is 123 Å². The topological polar surface area (TPSA) is 27.1 Å². The summed E-state index contributed by atoms with van der Waals surface area (Å²) in [4.78, 5) is 4.46. The lowest BCUT2D eigenvalue weighted by Gasteiger charge is -2.10. The standard InChI is InChI=1S/C15H20ClFN2O/c1-4-20-7-5-6-19-14-8-10(2)12(17)9-13(14)18-15(19)11(3)16/h8-9,11H,4-7H2,1-3H3. The molecule has 2 rings (SSSR count). The van der Waals surface area contributed by atoms with Gasteiger partial charge in [0.15, 0.2) is 0 Å². The fourth-order valence-electron chi connectivity index (χ4n) is 2.28. The van der Waals surface area contributed by atoms with Gasteiger partial charge in [-0.15, -0.1) is 11.6 Å². The Hall–Kier alpha value is -1.13. The Bertz CT molecular complexity index is 595. The van der Waals surface area contributed by atoms with Crippen LogP contribution in [0.15, 0.2) is 12.1 Å². The fourth-order valence-corrected chi connectivity index (χ4v) is 2.44. The van der Waals surface area contributed by atoms with E-state index >= 15 is 0 Å². The van der Waals surface area contributed by atoms with Gasteiger partial charge in [-0.1, -0.05) is 0 Å². The average molecular weight is 299 g/mol. The lowest BCUT2D eigenvalue weighted by molar-refractivity contribution is 0.141. The Balaban J connectivity index is 2.37. The van der Waals surface area contributed by atoms with Crippen molar-refractivity contribution < 1.29 is 9.13 Å². The molecule has 3 nitrogen and oxygen atoms in total. The lowest BCUT2D eigenvalue weighted by Crippen LogP contribution is -2.07. The van der Waals surface area contributed by atoms with Crippen molar-refractivity contribution in [3.8, 4) is 0 Å². The number of hydrogen-bond acceptors (Lipinski definition) is 2. The third-order valence-corrected chi connectivity index (χ3v) is 3.48. The number of alkyl halides is 1. The SMILES string of the molecule is CCOCCCn1c(C(C)Cl)nc2cc(F)c(C)cc21. The maximum absolute atomic E-state index is 13.6. The van der Waals surface area contributed by atoms with Crippen molar-refractivity contribution in [3.63, 3.8) is 0 Å². The predicted octanol–water partition coefficient (Wildman–Crippen LogP) is 4.21. The van der Waals surface area contributed by atoms with Crippen LogP contribution in [-0.4, -0.2) is 22.8 Å². The summed E-state index contributed by atoms with van der Waals surface area (Å²) >= 11 is 6.19. The summed E-state index contributed by atoms with van der Waals surface area (Å²) in [6.07, 6.45) is 0.881. The van der Waals surface area contributed by atoms with E-state index in [0.29, 0.717) is 24.3 Å². The molecule has 110 valence electrons. The lowest BCUT2D eigenvalue weighted by atomic mass is 10.2. The number of fused-ring (bicyclic) bond motifs is 1. The van der Waals surface area contributed by atoms with E-state index in [1.165, 1.54) is 6.07 Å². The Morgan fingerprint density at radius 3 is 2.85 bits per heavy atom. The average Bonchev–Trinajstić information content (AvgIpc) is 2.74. The number of nitrogens with zero attached hydrogens (tertiary/aromatic N) is 2. The molecular formula is C15H20ClFN2O. The molecule has 1 unspecified atom stereocenters. The van der Waals surface area contributed by atoms with Crippen LogP contribution in [0.4, 0.5) is 4.39 Å². The van der Waals surface area contributed by atoms with Crippen LogP contribution in [0.25, 0.3) is 11.0 Å². The van der Waals surface area contributed by atoms with Crippen molar-refractivity contribution in [1.29, 1.82) is 0 Å². The van der Waals surface area contributed by atoms with Crippen LogP contribution in [0.1, 0.15) is 37.0 Å². The minimum Gasteiger partial charge on any atom is -0.382 e. The van der Waals surface area contributed by atoms with E-state index in [4.69, 9.17) is 16.3 Å². The van der Waals surface area contributed by atoms with E-state index in [-0.39, 0.29) is 11.2 Å². The van der Waals surface area contributed by atoms with Crippen molar-refractivity contribution >= 4 is 22.6 Å². The number of halogens is 2. The molecule has 0 N–H and O–H groups in total. The van der Waals surface area contributed by atoms with E-state index in [0.717, 1.165) is 24.3 Å². The van der Waals surface area contributed by atoms with Crippen molar-refractivity contribution in [3.05, 3.63) is 29.3 Å². The first-order chi connectivity index (χ1) is 9.54. The van der Waals surface area contributed by atoms with Crippen LogP contribution in [-0.2, 0) is 11.3 Å². The molecule has 1 aromatic heterocycles. The van der Waals surface area contributed by atoms with Gasteiger partial charge in [0, 0.05) is 25.8 Å². The van der Waals surface area contributed by atoms with Crippen molar-refractivity contribution in [2.75, 3.05) is 13.2 Å². The Kier molecular flexibility index (Phi) is 5.00. The molecule has 0 amide bonds. The second-order valence-electron chi connectivity index (χ2n) is 4.88. The molecule has 0 radical (unpaired) electrons. The molecule has 0 bridgehead atoms. The summed E-state index contributed by atoms with van der Waals surface area (Å²) in [5, 5.41) is -0.210. The third-order valence-electron chi connectivity index (χ3n) is 3.29. The molecule has 0 aliphatic rings. The van der Waals surface area contributed by atoms with Crippen LogP contribution in [0.5, 0.6) is 0 Å². The highest BCUT2D eigenvalue weighted by atomic mass is 35.5. The predicted molar refractivity (Wildman–Crippen MR) is 79.8 cm³/mol. The Morgan fingerprint density at radius 1 is 1.45 bits per heavy atom. The number of imidazole rings is 1. The fraction of sp³-hybridized carbons (Fsp3) is 0.533. The molecule has 0 fully saturated rings. The van der Waals surface area contributed by atoms with Gasteiger partial charge < -0.3 is 9.30 Å². The van der Waals surface area contributed by atoms with Crippen molar-refractivity contribution in [1.82, 2.24) is 9.55 Å². The highest BCUT2D eigenvalue weighted by Gasteiger charge is 2.16. The largest absolute Gasteiger partial charge is 0.382 e. The van der Waals surface area contributed by atoms with Gasteiger partial charge in [0.05, 0.1) is 16.4 Å². The zero-order valence-electron chi connectivity index (χ0n) is 12.1. The first-order valence-corrected chi connectivity index (χ1v) is 7.36. The molecule has 5 heteroatoms. The van der Waals surface area contributed by atoms with Gasteiger partial charge in [-0.3, -0.25) is 0 Å². The molecule has 1 heterocycles. The molecule has 0 saturated carbocycles. The van der Waals surface area contributed by atoms with E-state index in [1.54, 1.807) is 6.92 Å². The number of rotatable bonds is 6. The number of aryl methyl sites for hydroxylation is 2. The molecule has 0 spiro atoms. The quantitative estimate of drug-likeness (QED) is 0.590. The first-order valence-electron chi connectivity index (χ1n) is 6.92. The van der Waals surface area contributed by atoms with Crippen LogP contribution in [0, 0.1) is 12.7 Å². The summed E-state index contributed by atoms with van der Waals surface area (Å²) in [6.45, 7) is 7.81. The highest BCUT2D eigenvalue weighted by Crippen LogP contribution is 2.26. The van der Waals surface area contributed by atoms with Crippen LogP contribution in [0.2, 0.25) is 0 Å². The van der Waals surface area contributed by atoms with Gasteiger partial charge in [0.1, 0.15) is 11.6 Å². The second-order valence-corrected chi connectivity index (χ2v) is 5.53. The number of aromatic nitrogens is 2. The number of benzene rings is 1. The molecule has 1 atom stereocenters. The Morgan fingerprint density at radius 2 is 2.20 bits per heavy atom. The zero-order chi connectivity index (χ0) is 14.7. The summed E-state index contributed by atoms with van der Waals surface area (Å²) in [5.74, 6) is 0.549. The van der Waals surface area contributed by atoms with E-state index < -0.39 is 0 Å². The van der Waals surface area contributed by atoms with Gasteiger partial charge in [-0.2, -0.15) is 0 Å². The van der Waals surface area contributed by atoms with Crippen LogP contribution in [0.3, 0.4) is 0 Å². The zero-order valence-corrected chi connectivity index (χ0v) is 12.9. The molecule has 20 heavy (non-hydrogen) atoms. The van der Waals surface area contributed by atoms with Crippen LogP contribution >= 0.6 is 11.6 Å². The van der Waals surface area contributed by atoms with Gasteiger partial charge in [0.25, 0.3) is 0 Å². The van der Waals surface area contributed by atoms with Crippen molar-refractivity contribution in [2.24, 2.45) is 0 Å². The molecule has 1 aromatic carbocycles. The monoisotopic (exact) mass is 298 g/mol. The van der Waals surface area contributed by atoms with E-state index in [2.05, 4.69) is 9.55 Å². The maximum atomic E-state index is 13.6. The van der Waals surface area contributed by atoms with Gasteiger partial charge >= 0.3 is 0 Å². The molecule has 0 saturated heterocycles. The minimum absolute atomic E-state index is 0.210. The summed E-state index contributed by atoms with van der Waals surface area (Å²) < 4.78 is 21.1. The molecule has 0 aliphatic heterocycles. The summed E-state index contributed by atoms with van der Waals surface area (Å²) in [7, 11) is 0. The van der Waals surface area contributed by atoms with Gasteiger partial charge in [0.2, 0.25) is 0 Å². The third kappa shape index (κ3) is 3.13. The summed E-state index contributed by atoms with van der Waals surface area (Å²) in [5.41, 5.74) is 2.21. The van der Waals surface area contributed by atoms with Gasteiger partial charge in [-0.25, -0.2) is 9.37 Å². The number of ether oxygens (including phenoxy) is 1. The van der Waals surface area contributed by atoms with Gasteiger partial charge in [-0.05, 0) is 38.8 Å². The van der Waals surface area contributed by atoms with E-state index in [1.807, 2.05) is 19.9 Å². The molecule has 0 aliphatic carbocycles. The first kappa shape index (κ1) is 15.3. The second kappa shape index (κ2) is 6.55.